The maximum absolute atomic E-state index is 11.3. The van der Waals surface area contributed by atoms with Gasteiger partial charge in [-0.1, -0.05) is 25.2 Å². The van der Waals surface area contributed by atoms with Gasteiger partial charge in [-0.05, 0) is 12.8 Å². The Morgan fingerprint density at radius 3 is 2.50 bits per heavy atom. The van der Waals surface area contributed by atoms with Crippen LogP contribution < -0.4 is 4.74 Å². The Morgan fingerprint density at radius 1 is 1.50 bits per heavy atom. The smallest absolute Gasteiger partial charge is 0.242 e. The first-order chi connectivity index (χ1) is 5.52. The zero-order valence-electron chi connectivity index (χ0n) is 7.29. The first kappa shape index (κ1) is 9.19. The zero-order valence-corrected chi connectivity index (χ0v) is 8.10. The van der Waals surface area contributed by atoms with E-state index in [0.29, 0.717) is 10.6 Å². The Kier molecular flexibility index (Phi) is 2.47. The summed E-state index contributed by atoms with van der Waals surface area (Å²) >= 11 is 1.07. The van der Waals surface area contributed by atoms with Gasteiger partial charge in [-0.3, -0.25) is 4.79 Å². The Bertz CT molecular complexity index is 343. The van der Waals surface area contributed by atoms with Crippen LogP contribution in [0.25, 0.3) is 0 Å². The van der Waals surface area contributed by atoms with Crippen LogP contribution in [0.5, 0.6) is 5.88 Å². The predicted molar refractivity (Wildman–Crippen MR) is 48.9 cm³/mol. The summed E-state index contributed by atoms with van der Waals surface area (Å²) in [6, 6.07) is 0. The summed E-state index contributed by atoms with van der Waals surface area (Å²) in [4.78, 5) is 15.2. The van der Waals surface area contributed by atoms with Crippen LogP contribution in [-0.2, 0) is 0 Å². The second kappa shape index (κ2) is 3.23. The fourth-order valence-corrected chi connectivity index (χ4v) is 1.84. The number of hydrogen-bond donors (Lipinski definition) is 1. The monoisotopic (exact) mass is 185 g/mol. The molecule has 4 heteroatoms. The molecule has 1 heterocycles. The summed E-state index contributed by atoms with van der Waals surface area (Å²) in [6.45, 7) is 5.43. The minimum atomic E-state index is -0.119. The van der Waals surface area contributed by atoms with E-state index in [1.54, 1.807) is 6.92 Å². The summed E-state index contributed by atoms with van der Waals surface area (Å²) in [7, 11) is 0. The van der Waals surface area contributed by atoms with E-state index in [2.05, 4.69) is 4.98 Å². The SMILES string of the molecule is Cc1nc(O)c(C(C)C)c(=O)s1. The van der Waals surface area contributed by atoms with Gasteiger partial charge in [-0.15, -0.1) is 0 Å². The minimum Gasteiger partial charge on any atom is -0.493 e. The van der Waals surface area contributed by atoms with Gasteiger partial charge in [0.05, 0.1) is 10.6 Å². The van der Waals surface area contributed by atoms with Crippen molar-refractivity contribution in [2.24, 2.45) is 0 Å². The maximum atomic E-state index is 11.3. The molecule has 0 fully saturated rings. The summed E-state index contributed by atoms with van der Waals surface area (Å²) in [5, 5.41) is 9.94. The highest BCUT2D eigenvalue weighted by Crippen LogP contribution is 2.20. The molecule has 1 aromatic heterocycles. The molecule has 0 radical (unpaired) electrons. The molecule has 66 valence electrons. The predicted octanol–water partition coefficient (Wildman–Crippen LogP) is 1.64. The van der Waals surface area contributed by atoms with Gasteiger partial charge in [0.1, 0.15) is 0 Å². The van der Waals surface area contributed by atoms with Gasteiger partial charge in [-0.25, -0.2) is 4.98 Å². The van der Waals surface area contributed by atoms with Crippen LogP contribution in [0, 0.1) is 6.92 Å². The van der Waals surface area contributed by atoms with Gasteiger partial charge in [0.15, 0.2) is 0 Å². The van der Waals surface area contributed by atoms with Gasteiger partial charge in [0.25, 0.3) is 0 Å². The molecule has 0 bridgehead atoms. The second-order valence-corrected chi connectivity index (χ2v) is 4.08. The van der Waals surface area contributed by atoms with Gasteiger partial charge in [0.2, 0.25) is 10.6 Å². The van der Waals surface area contributed by atoms with Crippen LogP contribution >= 0.6 is 11.3 Å². The molecule has 0 unspecified atom stereocenters. The average Bonchev–Trinajstić information content (AvgIpc) is 1.82. The van der Waals surface area contributed by atoms with Crippen molar-refractivity contribution in [3.8, 4) is 5.88 Å². The molecule has 0 amide bonds. The molecule has 3 nitrogen and oxygen atoms in total. The lowest BCUT2D eigenvalue weighted by Gasteiger charge is -2.04. The van der Waals surface area contributed by atoms with Crippen molar-refractivity contribution >= 4 is 11.3 Å². The van der Waals surface area contributed by atoms with Crippen LogP contribution in [0.15, 0.2) is 4.79 Å². The molecular formula is C8H11NO2S. The van der Waals surface area contributed by atoms with E-state index in [1.807, 2.05) is 13.8 Å². The van der Waals surface area contributed by atoms with Crippen molar-refractivity contribution < 1.29 is 5.11 Å². The quantitative estimate of drug-likeness (QED) is 0.723. The summed E-state index contributed by atoms with van der Waals surface area (Å²) in [5.74, 6) is -0.0897. The maximum Gasteiger partial charge on any atom is 0.242 e. The van der Waals surface area contributed by atoms with E-state index in [-0.39, 0.29) is 16.5 Å². The third-order valence-corrected chi connectivity index (χ3v) is 2.33. The zero-order chi connectivity index (χ0) is 9.30. The Morgan fingerprint density at radius 2 is 2.08 bits per heavy atom. The van der Waals surface area contributed by atoms with Gasteiger partial charge in [-0.2, -0.15) is 0 Å². The third-order valence-electron chi connectivity index (χ3n) is 1.54. The lowest BCUT2D eigenvalue weighted by molar-refractivity contribution is 0.442. The number of aromatic hydroxyl groups is 1. The summed E-state index contributed by atoms with van der Waals surface area (Å²) in [6.07, 6.45) is 0. The van der Waals surface area contributed by atoms with E-state index < -0.39 is 0 Å². The Balaban J connectivity index is 3.39. The number of nitrogens with zero attached hydrogens (tertiary/aromatic N) is 1. The summed E-state index contributed by atoms with van der Waals surface area (Å²) in [5.41, 5.74) is 0.422. The number of rotatable bonds is 1. The molecule has 1 aromatic rings. The van der Waals surface area contributed by atoms with Crippen LogP contribution in [0.4, 0.5) is 0 Å². The number of hydrogen-bond acceptors (Lipinski definition) is 4. The van der Waals surface area contributed by atoms with Gasteiger partial charge >= 0.3 is 0 Å². The fraction of sp³-hybridized carbons (Fsp3) is 0.500. The molecule has 12 heavy (non-hydrogen) atoms. The van der Waals surface area contributed by atoms with E-state index in [4.69, 9.17) is 0 Å². The largest absolute Gasteiger partial charge is 0.493 e. The molecule has 0 spiro atoms. The standard InChI is InChI=1S/C8H11NO2S/c1-4(2)6-7(10)9-5(3)12-8(6)11/h4,10H,1-3H3. The molecule has 0 saturated heterocycles. The third kappa shape index (κ3) is 1.64. The highest BCUT2D eigenvalue weighted by molar-refractivity contribution is 7.09. The fourth-order valence-electron chi connectivity index (χ4n) is 1.01. The molecule has 0 atom stereocenters. The average molecular weight is 185 g/mol. The van der Waals surface area contributed by atoms with Crippen LogP contribution in [0.1, 0.15) is 30.3 Å². The topological polar surface area (TPSA) is 50.2 Å². The van der Waals surface area contributed by atoms with Crippen molar-refractivity contribution in [2.45, 2.75) is 26.7 Å². The van der Waals surface area contributed by atoms with Crippen molar-refractivity contribution in [3.05, 3.63) is 20.1 Å². The van der Waals surface area contributed by atoms with Crippen molar-refractivity contribution in [3.63, 3.8) is 0 Å². The first-order valence-corrected chi connectivity index (χ1v) is 4.54. The molecule has 0 saturated carbocycles. The Labute approximate surface area is 74.7 Å². The second-order valence-electron chi connectivity index (χ2n) is 2.91. The highest BCUT2D eigenvalue weighted by atomic mass is 32.1. The lowest BCUT2D eigenvalue weighted by Crippen LogP contribution is -2.08. The van der Waals surface area contributed by atoms with Crippen molar-refractivity contribution in [1.82, 2.24) is 4.98 Å². The van der Waals surface area contributed by atoms with Gasteiger partial charge in [0, 0.05) is 0 Å². The minimum absolute atomic E-state index is 0.0295. The molecule has 0 aromatic carbocycles. The molecule has 0 aliphatic carbocycles. The summed E-state index contributed by atoms with van der Waals surface area (Å²) < 4.78 is -0.0880. The number of aryl methyl sites for hydroxylation is 1. The molecular weight excluding hydrogens is 174 g/mol. The molecule has 0 aliphatic heterocycles. The molecule has 1 rings (SSSR count). The lowest BCUT2D eigenvalue weighted by atomic mass is 10.1. The van der Waals surface area contributed by atoms with Crippen LogP contribution in [-0.4, -0.2) is 10.1 Å². The van der Waals surface area contributed by atoms with E-state index >= 15 is 0 Å². The van der Waals surface area contributed by atoms with Crippen LogP contribution in [0.2, 0.25) is 0 Å². The van der Waals surface area contributed by atoms with E-state index in [0.717, 1.165) is 11.3 Å². The van der Waals surface area contributed by atoms with Crippen LogP contribution in [0.3, 0.4) is 0 Å². The van der Waals surface area contributed by atoms with E-state index in [9.17, 15) is 9.90 Å². The molecule has 0 aliphatic rings. The molecule has 1 N–H and O–H groups in total. The number of aromatic nitrogens is 1. The Hall–Kier alpha value is -0.900. The first-order valence-electron chi connectivity index (χ1n) is 3.73. The van der Waals surface area contributed by atoms with Gasteiger partial charge < -0.3 is 5.11 Å². The van der Waals surface area contributed by atoms with Crippen molar-refractivity contribution in [2.75, 3.05) is 0 Å². The normalized spacial score (nSPS) is 10.7. The van der Waals surface area contributed by atoms with E-state index in [1.165, 1.54) is 0 Å². The highest BCUT2D eigenvalue weighted by Gasteiger charge is 2.12. The van der Waals surface area contributed by atoms with Crippen molar-refractivity contribution in [1.29, 1.82) is 0 Å².